The number of nitrogens with one attached hydrogen (secondary N) is 2. The number of aryl methyl sites for hydroxylation is 1. The van der Waals surface area contributed by atoms with Crippen LogP contribution < -0.4 is 10.6 Å². The quantitative estimate of drug-likeness (QED) is 0.272. The number of thioether (sulfide) groups is 1. The molecular formula is C19H33IN4S. The van der Waals surface area contributed by atoms with Gasteiger partial charge >= 0.3 is 0 Å². The summed E-state index contributed by atoms with van der Waals surface area (Å²) >= 11 is 1.80. The van der Waals surface area contributed by atoms with Crippen molar-refractivity contribution in [2.24, 2.45) is 10.9 Å². The van der Waals surface area contributed by atoms with Crippen LogP contribution in [0.5, 0.6) is 0 Å². The normalized spacial score (nSPS) is 16.4. The van der Waals surface area contributed by atoms with Gasteiger partial charge in [0.15, 0.2) is 5.96 Å². The Morgan fingerprint density at radius 2 is 2.00 bits per heavy atom. The Kier molecular flexibility index (Phi) is 10.8. The lowest BCUT2D eigenvalue weighted by Crippen LogP contribution is -2.41. The second-order valence-electron chi connectivity index (χ2n) is 6.73. The molecule has 1 heterocycles. The van der Waals surface area contributed by atoms with Gasteiger partial charge in [0, 0.05) is 31.6 Å². The molecule has 1 aromatic rings. The molecule has 1 unspecified atom stereocenters. The van der Waals surface area contributed by atoms with E-state index in [4.69, 9.17) is 0 Å². The molecule has 2 rings (SSSR count). The Bertz CT molecular complexity index is 544. The summed E-state index contributed by atoms with van der Waals surface area (Å²) in [6, 6.07) is 6.62. The van der Waals surface area contributed by atoms with E-state index in [1.54, 1.807) is 11.8 Å². The molecule has 0 spiro atoms. The van der Waals surface area contributed by atoms with Crippen molar-refractivity contribution in [3.8, 4) is 0 Å². The highest BCUT2D eigenvalue weighted by atomic mass is 127. The minimum atomic E-state index is 0. The van der Waals surface area contributed by atoms with Crippen LogP contribution in [0.25, 0.3) is 0 Å². The Labute approximate surface area is 174 Å². The number of benzene rings is 1. The van der Waals surface area contributed by atoms with Gasteiger partial charge < -0.3 is 15.5 Å². The molecule has 2 N–H and O–H groups in total. The van der Waals surface area contributed by atoms with E-state index < -0.39 is 0 Å². The van der Waals surface area contributed by atoms with Crippen LogP contribution >= 0.6 is 35.7 Å². The van der Waals surface area contributed by atoms with Gasteiger partial charge in [0.25, 0.3) is 0 Å². The summed E-state index contributed by atoms with van der Waals surface area (Å²) in [7, 11) is 1.84. The van der Waals surface area contributed by atoms with Crippen molar-refractivity contribution in [3.05, 3.63) is 29.3 Å². The zero-order valence-electron chi connectivity index (χ0n) is 16.0. The van der Waals surface area contributed by atoms with Gasteiger partial charge in [-0.05, 0) is 62.2 Å². The van der Waals surface area contributed by atoms with Crippen molar-refractivity contribution in [2.45, 2.75) is 38.1 Å². The van der Waals surface area contributed by atoms with E-state index in [0.29, 0.717) is 5.92 Å². The molecule has 1 atom stereocenters. The van der Waals surface area contributed by atoms with Gasteiger partial charge in [-0.15, -0.1) is 35.7 Å². The average molecular weight is 476 g/mol. The monoisotopic (exact) mass is 476 g/mol. The van der Waals surface area contributed by atoms with E-state index in [-0.39, 0.29) is 24.0 Å². The maximum atomic E-state index is 4.35. The molecule has 1 aliphatic heterocycles. The van der Waals surface area contributed by atoms with Crippen molar-refractivity contribution in [1.29, 1.82) is 0 Å². The maximum absolute atomic E-state index is 4.35. The maximum Gasteiger partial charge on any atom is 0.191 e. The number of likely N-dealkylation sites (tertiary alicyclic amines) is 1. The van der Waals surface area contributed by atoms with Gasteiger partial charge in [0.1, 0.15) is 0 Å². The summed E-state index contributed by atoms with van der Waals surface area (Å²) in [6.45, 7) is 9.92. The SMILES string of the molecule is CN=C(NCc1ccc(C)cc1SC)NCC(C)CN1CCCC1.I. The van der Waals surface area contributed by atoms with Crippen LogP contribution in [0.2, 0.25) is 0 Å². The van der Waals surface area contributed by atoms with Gasteiger partial charge in [-0.1, -0.05) is 19.1 Å². The minimum Gasteiger partial charge on any atom is -0.356 e. The van der Waals surface area contributed by atoms with Gasteiger partial charge in [0.05, 0.1) is 0 Å². The molecule has 1 aliphatic rings. The van der Waals surface area contributed by atoms with Crippen LogP contribution in [0, 0.1) is 12.8 Å². The first-order chi connectivity index (χ1) is 11.6. The summed E-state index contributed by atoms with van der Waals surface area (Å²) in [5.74, 6) is 1.51. The lowest BCUT2D eigenvalue weighted by atomic mass is 10.1. The topological polar surface area (TPSA) is 39.7 Å². The second-order valence-corrected chi connectivity index (χ2v) is 7.58. The van der Waals surface area contributed by atoms with Gasteiger partial charge in [-0.2, -0.15) is 0 Å². The number of nitrogens with zero attached hydrogens (tertiary/aromatic N) is 2. The first-order valence-corrected chi connectivity index (χ1v) is 10.1. The van der Waals surface area contributed by atoms with Gasteiger partial charge in [-0.25, -0.2) is 0 Å². The predicted octanol–water partition coefficient (Wildman–Crippen LogP) is 3.73. The third kappa shape index (κ3) is 7.74. The number of hydrogen-bond acceptors (Lipinski definition) is 3. The lowest BCUT2D eigenvalue weighted by molar-refractivity contribution is 0.287. The number of guanidine groups is 1. The minimum absolute atomic E-state index is 0. The molecule has 142 valence electrons. The fraction of sp³-hybridized carbons (Fsp3) is 0.632. The van der Waals surface area contributed by atoms with Crippen LogP contribution in [0.1, 0.15) is 30.9 Å². The molecule has 0 aliphatic carbocycles. The van der Waals surface area contributed by atoms with E-state index >= 15 is 0 Å². The Hall–Kier alpha value is -0.470. The van der Waals surface area contributed by atoms with E-state index in [2.05, 4.69) is 58.8 Å². The Balaban J connectivity index is 0.00000312. The highest BCUT2D eigenvalue weighted by molar-refractivity contribution is 14.0. The molecule has 1 saturated heterocycles. The lowest BCUT2D eigenvalue weighted by Gasteiger charge is -2.21. The predicted molar refractivity (Wildman–Crippen MR) is 121 cm³/mol. The van der Waals surface area contributed by atoms with Crippen molar-refractivity contribution in [1.82, 2.24) is 15.5 Å². The molecule has 1 aromatic carbocycles. The average Bonchev–Trinajstić information content (AvgIpc) is 3.08. The molecule has 25 heavy (non-hydrogen) atoms. The van der Waals surface area contributed by atoms with E-state index in [1.165, 1.54) is 48.5 Å². The molecule has 0 saturated carbocycles. The van der Waals surface area contributed by atoms with E-state index in [0.717, 1.165) is 19.0 Å². The van der Waals surface area contributed by atoms with Crippen LogP contribution in [0.4, 0.5) is 0 Å². The summed E-state index contributed by atoms with van der Waals surface area (Å²) < 4.78 is 0. The number of hydrogen-bond donors (Lipinski definition) is 2. The van der Waals surface area contributed by atoms with Crippen LogP contribution in [0.15, 0.2) is 28.1 Å². The molecule has 0 aromatic heterocycles. The zero-order valence-corrected chi connectivity index (χ0v) is 19.1. The largest absolute Gasteiger partial charge is 0.356 e. The van der Waals surface area contributed by atoms with Crippen molar-refractivity contribution < 1.29 is 0 Å². The summed E-state index contributed by atoms with van der Waals surface area (Å²) in [5, 5.41) is 6.91. The number of rotatable bonds is 7. The molecule has 1 fully saturated rings. The smallest absolute Gasteiger partial charge is 0.191 e. The zero-order chi connectivity index (χ0) is 17.4. The first-order valence-electron chi connectivity index (χ1n) is 8.92. The third-order valence-electron chi connectivity index (χ3n) is 4.50. The van der Waals surface area contributed by atoms with Crippen molar-refractivity contribution in [2.75, 3.05) is 39.5 Å². The van der Waals surface area contributed by atoms with Crippen LogP contribution in [0.3, 0.4) is 0 Å². The summed E-state index contributed by atoms with van der Waals surface area (Å²) in [6.07, 6.45) is 4.85. The molecule has 0 bridgehead atoms. The van der Waals surface area contributed by atoms with Crippen LogP contribution in [-0.2, 0) is 6.54 Å². The highest BCUT2D eigenvalue weighted by Crippen LogP contribution is 2.21. The molecular weight excluding hydrogens is 443 g/mol. The number of aliphatic imine (C=N–C) groups is 1. The molecule has 0 radical (unpaired) electrons. The number of halogens is 1. The third-order valence-corrected chi connectivity index (χ3v) is 5.32. The fourth-order valence-electron chi connectivity index (χ4n) is 3.14. The van der Waals surface area contributed by atoms with E-state index in [1.807, 2.05) is 7.05 Å². The Morgan fingerprint density at radius 1 is 1.28 bits per heavy atom. The van der Waals surface area contributed by atoms with Gasteiger partial charge in [-0.3, -0.25) is 4.99 Å². The molecule has 4 nitrogen and oxygen atoms in total. The first kappa shape index (κ1) is 22.6. The van der Waals surface area contributed by atoms with Crippen molar-refractivity contribution >= 4 is 41.7 Å². The Morgan fingerprint density at radius 3 is 2.64 bits per heavy atom. The molecule has 6 heteroatoms. The van der Waals surface area contributed by atoms with Gasteiger partial charge in [0.2, 0.25) is 0 Å². The fourth-order valence-corrected chi connectivity index (χ4v) is 3.84. The summed E-state index contributed by atoms with van der Waals surface area (Å²) in [4.78, 5) is 8.26. The highest BCUT2D eigenvalue weighted by Gasteiger charge is 2.14. The molecule has 0 amide bonds. The second kappa shape index (κ2) is 12.0. The van der Waals surface area contributed by atoms with Crippen LogP contribution in [-0.4, -0.2) is 50.3 Å². The van der Waals surface area contributed by atoms with Crippen molar-refractivity contribution in [3.63, 3.8) is 0 Å². The standard InChI is InChI=1S/C19H32N4S.HI/c1-15-7-8-17(18(11-15)24-4)13-22-19(20-3)21-12-16(2)14-23-9-5-6-10-23;/h7-8,11,16H,5-6,9-10,12-14H2,1-4H3,(H2,20,21,22);1H. The van der Waals surface area contributed by atoms with E-state index in [9.17, 15) is 0 Å². The summed E-state index contributed by atoms with van der Waals surface area (Å²) in [5.41, 5.74) is 2.63.